The molecule has 2 unspecified atom stereocenters. The lowest BCUT2D eigenvalue weighted by Gasteiger charge is -2.44. The highest BCUT2D eigenvalue weighted by Gasteiger charge is 2.45. The smallest absolute Gasteiger partial charge is 0.311 e. The zero-order valence-corrected chi connectivity index (χ0v) is 12.6. The highest BCUT2D eigenvalue weighted by Crippen LogP contribution is 2.35. The lowest BCUT2D eigenvalue weighted by molar-refractivity contribution is -0.157. The molecule has 0 aliphatic carbocycles. The first kappa shape index (κ1) is 15.3. The molecule has 2 aliphatic heterocycles. The van der Waals surface area contributed by atoms with Crippen LogP contribution in [-0.4, -0.2) is 47.1 Å². The maximum absolute atomic E-state index is 12.8. The average Bonchev–Trinajstić information content (AvgIpc) is 2.47. The van der Waals surface area contributed by atoms with E-state index >= 15 is 0 Å². The number of hydrogen-bond acceptors (Lipinski definition) is 3. The first-order valence-corrected chi connectivity index (χ1v) is 7.71. The summed E-state index contributed by atoms with van der Waals surface area (Å²) in [5.74, 6) is -0.685. The van der Waals surface area contributed by atoms with Crippen LogP contribution in [0.2, 0.25) is 0 Å². The maximum Gasteiger partial charge on any atom is 0.311 e. The Kier molecular flexibility index (Phi) is 4.37. The fourth-order valence-electron chi connectivity index (χ4n) is 3.51. The van der Waals surface area contributed by atoms with Gasteiger partial charge in [0, 0.05) is 13.1 Å². The lowest BCUT2D eigenvalue weighted by Crippen LogP contribution is -2.61. The first-order valence-electron chi connectivity index (χ1n) is 7.71. The molecule has 2 rings (SSSR count). The summed E-state index contributed by atoms with van der Waals surface area (Å²) >= 11 is 0. The van der Waals surface area contributed by atoms with Crippen LogP contribution >= 0.6 is 0 Å². The van der Waals surface area contributed by atoms with Gasteiger partial charge in [0.2, 0.25) is 5.91 Å². The standard InChI is InChI=1S/C15H26N2O3/c1-3-15(13(19)20)8-6-10-17(11-15)12(18)14(2)7-4-5-9-16-14/h16H,3-11H2,1-2H3,(H,19,20). The predicted molar refractivity (Wildman–Crippen MR) is 76.4 cm³/mol. The second-order valence-corrected chi connectivity index (χ2v) is 6.49. The van der Waals surface area contributed by atoms with Crippen molar-refractivity contribution >= 4 is 11.9 Å². The van der Waals surface area contributed by atoms with Crippen molar-refractivity contribution < 1.29 is 14.7 Å². The normalized spacial score (nSPS) is 34.8. The van der Waals surface area contributed by atoms with E-state index in [1.54, 1.807) is 4.90 Å². The van der Waals surface area contributed by atoms with Gasteiger partial charge in [0.25, 0.3) is 0 Å². The van der Waals surface area contributed by atoms with Gasteiger partial charge >= 0.3 is 5.97 Å². The van der Waals surface area contributed by atoms with Crippen molar-refractivity contribution in [2.75, 3.05) is 19.6 Å². The monoisotopic (exact) mass is 282 g/mol. The van der Waals surface area contributed by atoms with Crippen LogP contribution in [0.5, 0.6) is 0 Å². The molecule has 2 aliphatic rings. The summed E-state index contributed by atoms with van der Waals surface area (Å²) in [4.78, 5) is 26.1. The summed E-state index contributed by atoms with van der Waals surface area (Å²) < 4.78 is 0. The number of carboxylic acid groups (broad SMARTS) is 1. The minimum absolute atomic E-state index is 0.0796. The van der Waals surface area contributed by atoms with E-state index in [0.717, 1.165) is 32.2 Å². The molecule has 2 saturated heterocycles. The maximum atomic E-state index is 12.8. The molecule has 0 aromatic rings. The quantitative estimate of drug-likeness (QED) is 0.825. The molecule has 0 saturated carbocycles. The molecule has 0 radical (unpaired) electrons. The van der Waals surface area contributed by atoms with Crippen molar-refractivity contribution in [2.24, 2.45) is 5.41 Å². The zero-order chi connectivity index (χ0) is 14.8. The lowest BCUT2D eigenvalue weighted by atomic mass is 9.77. The average molecular weight is 282 g/mol. The molecule has 5 heteroatoms. The number of hydrogen-bond donors (Lipinski definition) is 2. The summed E-state index contributed by atoms with van der Waals surface area (Å²) in [6.07, 6.45) is 5.04. The van der Waals surface area contributed by atoms with Crippen LogP contribution in [0, 0.1) is 5.41 Å². The van der Waals surface area contributed by atoms with Crippen LogP contribution in [0.15, 0.2) is 0 Å². The highest BCUT2D eigenvalue weighted by molar-refractivity contribution is 5.87. The van der Waals surface area contributed by atoms with Crippen LogP contribution in [0.4, 0.5) is 0 Å². The Morgan fingerprint density at radius 3 is 2.55 bits per heavy atom. The van der Waals surface area contributed by atoms with E-state index in [2.05, 4.69) is 5.32 Å². The van der Waals surface area contributed by atoms with Gasteiger partial charge in [-0.25, -0.2) is 0 Å². The number of likely N-dealkylation sites (tertiary alicyclic amines) is 1. The van der Waals surface area contributed by atoms with Gasteiger partial charge < -0.3 is 15.3 Å². The number of nitrogens with one attached hydrogen (secondary N) is 1. The molecule has 0 aromatic carbocycles. The van der Waals surface area contributed by atoms with E-state index in [9.17, 15) is 14.7 Å². The van der Waals surface area contributed by atoms with Crippen molar-refractivity contribution in [3.8, 4) is 0 Å². The van der Waals surface area contributed by atoms with Gasteiger partial charge in [-0.15, -0.1) is 0 Å². The Bertz CT molecular complexity index is 391. The second-order valence-electron chi connectivity index (χ2n) is 6.49. The minimum Gasteiger partial charge on any atom is -0.481 e. The number of carbonyl (C=O) groups excluding carboxylic acids is 1. The van der Waals surface area contributed by atoms with Crippen LogP contribution in [0.3, 0.4) is 0 Å². The molecule has 0 bridgehead atoms. The SMILES string of the molecule is CCC1(C(=O)O)CCCN(C(=O)C2(C)CCCCN2)C1. The number of rotatable bonds is 3. The van der Waals surface area contributed by atoms with E-state index in [1.165, 1.54) is 0 Å². The number of nitrogens with zero attached hydrogens (tertiary/aromatic N) is 1. The van der Waals surface area contributed by atoms with E-state index in [1.807, 2.05) is 13.8 Å². The molecule has 114 valence electrons. The fourth-order valence-corrected chi connectivity index (χ4v) is 3.51. The summed E-state index contributed by atoms with van der Waals surface area (Å²) in [5.41, 5.74) is -1.26. The molecule has 2 heterocycles. The summed E-state index contributed by atoms with van der Waals surface area (Å²) in [5, 5.41) is 12.8. The van der Waals surface area contributed by atoms with Crippen molar-refractivity contribution in [3.63, 3.8) is 0 Å². The van der Waals surface area contributed by atoms with E-state index in [4.69, 9.17) is 0 Å². The van der Waals surface area contributed by atoms with Crippen LogP contribution < -0.4 is 5.32 Å². The van der Waals surface area contributed by atoms with Gasteiger partial charge in [-0.05, 0) is 52.0 Å². The fraction of sp³-hybridized carbons (Fsp3) is 0.867. The Balaban J connectivity index is 2.12. The molecule has 2 N–H and O–H groups in total. The first-order chi connectivity index (χ1) is 9.43. The Morgan fingerprint density at radius 2 is 2.00 bits per heavy atom. The largest absolute Gasteiger partial charge is 0.481 e. The van der Waals surface area contributed by atoms with Gasteiger partial charge in [0.1, 0.15) is 0 Å². The molecule has 2 atom stereocenters. The van der Waals surface area contributed by atoms with Crippen LogP contribution in [0.1, 0.15) is 52.4 Å². The minimum atomic E-state index is -0.765. The molecule has 1 amide bonds. The van der Waals surface area contributed by atoms with Crippen LogP contribution in [0.25, 0.3) is 0 Å². The molecular formula is C15H26N2O3. The van der Waals surface area contributed by atoms with Crippen molar-refractivity contribution in [1.82, 2.24) is 10.2 Å². The van der Waals surface area contributed by atoms with Gasteiger partial charge in [-0.2, -0.15) is 0 Å². The van der Waals surface area contributed by atoms with Crippen molar-refractivity contribution in [3.05, 3.63) is 0 Å². The van der Waals surface area contributed by atoms with Crippen molar-refractivity contribution in [1.29, 1.82) is 0 Å². The van der Waals surface area contributed by atoms with E-state index < -0.39 is 16.9 Å². The van der Waals surface area contributed by atoms with Crippen molar-refractivity contribution in [2.45, 2.75) is 57.9 Å². The number of carbonyl (C=O) groups is 2. The third kappa shape index (κ3) is 2.68. The molecule has 0 aromatic heterocycles. The number of carboxylic acids is 1. The molecule has 5 nitrogen and oxygen atoms in total. The summed E-state index contributed by atoms with van der Waals surface area (Å²) in [7, 11) is 0. The zero-order valence-electron chi connectivity index (χ0n) is 12.6. The van der Waals surface area contributed by atoms with Crippen LogP contribution in [-0.2, 0) is 9.59 Å². The van der Waals surface area contributed by atoms with Gasteiger partial charge in [0.15, 0.2) is 0 Å². The highest BCUT2D eigenvalue weighted by atomic mass is 16.4. The number of amides is 1. The number of aliphatic carboxylic acids is 1. The molecular weight excluding hydrogens is 256 g/mol. The predicted octanol–water partition coefficient (Wildman–Crippen LogP) is 1.62. The topological polar surface area (TPSA) is 69.6 Å². The summed E-state index contributed by atoms with van der Waals surface area (Å²) in [6, 6.07) is 0. The Hall–Kier alpha value is -1.10. The Morgan fingerprint density at radius 1 is 1.25 bits per heavy atom. The third-order valence-electron chi connectivity index (χ3n) is 5.09. The third-order valence-corrected chi connectivity index (χ3v) is 5.09. The van der Waals surface area contributed by atoms with Gasteiger partial charge in [-0.3, -0.25) is 9.59 Å². The van der Waals surface area contributed by atoms with Gasteiger partial charge in [0.05, 0.1) is 11.0 Å². The molecule has 0 spiro atoms. The van der Waals surface area contributed by atoms with Gasteiger partial charge in [-0.1, -0.05) is 6.92 Å². The summed E-state index contributed by atoms with van der Waals surface area (Å²) in [6.45, 7) is 5.77. The van der Waals surface area contributed by atoms with E-state index in [0.29, 0.717) is 25.9 Å². The number of piperidine rings is 2. The second kappa shape index (κ2) is 5.72. The Labute approximate surface area is 120 Å². The molecule has 2 fully saturated rings. The molecule has 20 heavy (non-hydrogen) atoms. The van der Waals surface area contributed by atoms with E-state index in [-0.39, 0.29) is 5.91 Å².